The zero-order chi connectivity index (χ0) is 14.8. The third-order valence-electron chi connectivity index (χ3n) is 3.59. The molecule has 1 N–H and O–H groups in total. The highest BCUT2D eigenvalue weighted by molar-refractivity contribution is 7.86. The third-order valence-corrected chi connectivity index (χ3v) is 6.01. The second kappa shape index (κ2) is 6.41. The van der Waals surface area contributed by atoms with Gasteiger partial charge in [-0.15, -0.1) is 0 Å². The van der Waals surface area contributed by atoms with E-state index in [2.05, 4.69) is 5.32 Å². The summed E-state index contributed by atoms with van der Waals surface area (Å²) < 4.78 is 28.1. The van der Waals surface area contributed by atoms with E-state index in [9.17, 15) is 8.42 Å². The van der Waals surface area contributed by atoms with Gasteiger partial charge in [0.25, 0.3) is 10.2 Å². The van der Waals surface area contributed by atoms with Crippen LogP contribution in [0.4, 0.5) is 0 Å². The van der Waals surface area contributed by atoms with Crippen LogP contribution < -0.4 is 5.32 Å². The Morgan fingerprint density at radius 3 is 2.80 bits per heavy atom. The zero-order valence-corrected chi connectivity index (χ0v) is 13.3. The van der Waals surface area contributed by atoms with Gasteiger partial charge in [-0.2, -0.15) is 17.0 Å². The Labute approximate surface area is 125 Å². The van der Waals surface area contributed by atoms with Crippen LogP contribution in [0.2, 0.25) is 5.02 Å². The first kappa shape index (κ1) is 15.7. The summed E-state index contributed by atoms with van der Waals surface area (Å²) in [6.07, 6.45) is 0. The van der Waals surface area contributed by atoms with Crippen LogP contribution in [0.5, 0.6) is 0 Å². The number of halogens is 1. The van der Waals surface area contributed by atoms with Gasteiger partial charge in [-0.05, 0) is 11.6 Å². The lowest BCUT2D eigenvalue weighted by atomic mass is 10.1. The Balaban J connectivity index is 2.38. The molecule has 112 valence electrons. The van der Waals surface area contributed by atoms with Crippen molar-refractivity contribution in [3.05, 3.63) is 34.9 Å². The van der Waals surface area contributed by atoms with Crippen molar-refractivity contribution in [3.8, 4) is 0 Å². The molecule has 0 amide bonds. The molecule has 0 aliphatic carbocycles. The molecule has 1 aromatic carbocycles. The first-order valence-electron chi connectivity index (χ1n) is 6.66. The molecule has 1 atom stereocenters. The van der Waals surface area contributed by atoms with E-state index in [4.69, 9.17) is 11.6 Å². The standard InChI is InChI=1S/C13H20ClN3O2S/c1-3-16(2)20(18,19)17-9-8-15-10-13(17)11-6-4-5-7-12(11)14/h4-7,13,15H,3,8-10H2,1-2H3. The van der Waals surface area contributed by atoms with E-state index >= 15 is 0 Å². The van der Waals surface area contributed by atoms with E-state index in [1.165, 1.54) is 8.61 Å². The summed E-state index contributed by atoms with van der Waals surface area (Å²) >= 11 is 6.22. The molecule has 0 radical (unpaired) electrons. The van der Waals surface area contributed by atoms with Crippen LogP contribution in [0.15, 0.2) is 24.3 Å². The van der Waals surface area contributed by atoms with Gasteiger partial charge in [-0.3, -0.25) is 0 Å². The van der Waals surface area contributed by atoms with Crippen molar-refractivity contribution in [2.45, 2.75) is 13.0 Å². The average molecular weight is 318 g/mol. The van der Waals surface area contributed by atoms with Crippen molar-refractivity contribution in [1.29, 1.82) is 0 Å². The summed E-state index contributed by atoms with van der Waals surface area (Å²) in [5.74, 6) is 0. The number of rotatable bonds is 4. The van der Waals surface area contributed by atoms with Crippen molar-refractivity contribution < 1.29 is 8.42 Å². The second-order valence-electron chi connectivity index (χ2n) is 4.77. The maximum atomic E-state index is 12.6. The number of benzene rings is 1. The molecule has 1 saturated heterocycles. The molecule has 5 nitrogen and oxygen atoms in total. The monoisotopic (exact) mass is 317 g/mol. The van der Waals surface area contributed by atoms with Crippen LogP contribution in [-0.4, -0.2) is 50.3 Å². The molecule has 1 aliphatic rings. The minimum Gasteiger partial charge on any atom is -0.313 e. The first-order valence-corrected chi connectivity index (χ1v) is 8.44. The van der Waals surface area contributed by atoms with Crippen LogP contribution in [0.25, 0.3) is 0 Å². The summed E-state index contributed by atoms with van der Waals surface area (Å²) in [4.78, 5) is 0. The van der Waals surface area contributed by atoms with Gasteiger partial charge in [-0.1, -0.05) is 36.7 Å². The summed E-state index contributed by atoms with van der Waals surface area (Å²) in [5, 5.41) is 3.83. The molecule has 0 aromatic heterocycles. The highest BCUT2D eigenvalue weighted by Gasteiger charge is 2.36. The smallest absolute Gasteiger partial charge is 0.282 e. The normalized spacial score (nSPS) is 21.3. The van der Waals surface area contributed by atoms with Crippen LogP contribution in [-0.2, 0) is 10.2 Å². The summed E-state index contributed by atoms with van der Waals surface area (Å²) in [7, 11) is -1.86. The molecular formula is C13H20ClN3O2S. The van der Waals surface area contributed by atoms with Gasteiger partial charge >= 0.3 is 0 Å². The highest BCUT2D eigenvalue weighted by atomic mass is 35.5. The van der Waals surface area contributed by atoms with Crippen molar-refractivity contribution in [1.82, 2.24) is 13.9 Å². The Morgan fingerprint density at radius 2 is 2.15 bits per heavy atom. The summed E-state index contributed by atoms with van der Waals surface area (Å²) in [5.41, 5.74) is 0.842. The fourth-order valence-electron chi connectivity index (χ4n) is 2.31. The number of nitrogens with zero attached hydrogens (tertiary/aromatic N) is 2. The van der Waals surface area contributed by atoms with E-state index in [1.54, 1.807) is 13.1 Å². The van der Waals surface area contributed by atoms with Crippen molar-refractivity contribution in [3.63, 3.8) is 0 Å². The number of hydrogen-bond acceptors (Lipinski definition) is 3. The van der Waals surface area contributed by atoms with Crippen LogP contribution in [0.3, 0.4) is 0 Å². The van der Waals surface area contributed by atoms with Crippen LogP contribution >= 0.6 is 11.6 Å². The van der Waals surface area contributed by atoms with Gasteiger partial charge in [-0.25, -0.2) is 0 Å². The fraction of sp³-hybridized carbons (Fsp3) is 0.538. The van der Waals surface area contributed by atoms with E-state index < -0.39 is 10.2 Å². The van der Waals surface area contributed by atoms with Crippen LogP contribution in [0, 0.1) is 0 Å². The molecule has 1 fully saturated rings. The van der Waals surface area contributed by atoms with Crippen molar-refractivity contribution in [2.24, 2.45) is 0 Å². The summed E-state index contributed by atoms with van der Waals surface area (Å²) in [6, 6.07) is 7.13. The average Bonchev–Trinajstić information content (AvgIpc) is 2.47. The fourth-order valence-corrected chi connectivity index (χ4v) is 4.09. The Hall–Kier alpha value is -0.660. The van der Waals surface area contributed by atoms with Crippen molar-refractivity contribution >= 4 is 21.8 Å². The van der Waals surface area contributed by atoms with Gasteiger partial charge in [0.2, 0.25) is 0 Å². The molecule has 0 spiro atoms. The Morgan fingerprint density at radius 1 is 1.45 bits per heavy atom. The van der Waals surface area contributed by atoms with E-state index in [0.29, 0.717) is 31.2 Å². The largest absolute Gasteiger partial charge is 0.313 e. The van der Waals surface area contributed by atoms with Crippen molar-refractivity contribution in [2.75, 3.05) is 33.2 Å². The lowest BCUT2D eigenvalue weighted by molar-refractivity contribution is 0.254. The molecule has 20 heavy (non-hydrogen) atoms. The predicted molar refractivity (Wildman–Crippen MR) is 81.0 cm³/mol. The van der Waals surface area contributed by atoms with E-state index in [1.807, 2.05) is 25.1 Å². The lowest BCUT2D eigenvalue weighted by Crippen LogP contribution is -2.52. The topological polar surface area (TPSA) is 52.7 Å². The van der Waals surface area contributed by atoms with Crippen LogP contribution in [0.1, 0.15) is 18.5 Å². The van der Waals surface area contributed by atoms with Gasteiger partial charge < -0.3 is 5.32 Å². The van der Waals surface area contributed by atoms with Gasteiger partial charge in [0.05, 0.1) is 6.04 Å². The number of piperazine rings is 1. The summed E-state index contributed by atoms with van der Waals surface area (Å²) in [6.45, 7) is 3.94. The molecule has 1 aromatic rings. The maximum absolute atomic E-state index is 12.6. The predicted octanol–water partition coefficient (Wildman–Crippen LogP) is 1.48. The molecule has 1 heterocycles. The lowest BCUT2D eigenvalue weighted by Gasteiger charge is -2.37. The first-order chi connectivity index (χ1) is 9.48. The number of nitrogens with one attached hydrogen (secondary N) is 1. The minimum absolute atomic E-state index is 0.267. The van der Waals surface area contributed by atoms with Gasteiger partial charge in [0.1, 0.15) is 0 Å². The highest BCUT2D eigenvalue weighted by Crippen LogP contribution is 2.30. The van der Waals surface area contributed by atoms with E-state index in [-0.39, 0.29) is 6.04 Å². The number of hydrogen-bond donors (Lipinski definition) is 1. The Bertz CT molecular complexity index is 564. The second-order valence-corrected chi connectivity index (χ2v) is 7.17. The quantitative estimate of drug-likeness (QED) is 0.915. The zero-order valence-electron chi connectivity index (χ0n) is 11.7. The molecule has 1 unspecified atom stereocenters. The molecule has 0 saturated carbocycles. The molecular weight excluding hydrogens is 298 g/mol. The molecule has 1 aliphatic heterocycles. The van der Waals surface area contributed by atoms with E-state index in [0.717, 1.165) is 5.56 Å². The molecule has 7 heteroatoms. The Kier molecular flexibility index (Phi) is 5.04. The molecule has 0 bridgehead atoms. The molecule has 2 rings (SSSR count). The van der Waals surface area contributed by atoms with Gasteiger partial charge in [0, 0.05) is 38.2 Å². The minimum atomic E-state index is -3.46. The van der Waals surface area contributed by atoms with Gasteiger partial charge in [0.15, 0.2) is 0 Å². The SMILES string of the molecule is CCN(C)S(=O)(=O)N1CCNCC1c1ccccc1Cl. The third kappa shape index (κ3) is 2.99. The maximum Gasteiger partial charge on any atom is 0.282 e.